The van der Waals surface area contributed by atoms with Gasteiger partial charge in [-0.2, -0.15) is 0 Å². The second-order valence-electron chi connectivity index (χ2n) is 9.51. The van der Waals surface area contributed by atoms with E-state index < -0.39 is 8.32 Å². The van der Waals surface area contributed by atoms with E-state index in [2.05, 4.69) is 40.8 Å². The van der Waals surface area contributed by atoms with Crippen molar-refractivity contribution < 1.29 is 14.0 Å². The van der Waals surface area contributed by atoms with Gasteiger partial charge in [0, 0.05) is 0 Å². The summed E-state index contributed by atoms with van der Waals surface area (Å²) in [6.07, 6.45) is 8.10. The lowest BCUT2D eigenvalue weighted by molar-refractivity contribution is -0.221. The van der Waals surface area contributed by atoms with Crippen LogP contribution in [0, 0.1) is 11.3 Å². The Morgan fingerprint density at radius 1 is 1.09 bits per heavy atom. The Balaban J connectivity index is 2.39. The van der Waals surface area contributed by atoms with Crippen molar-refractivity contribution in [3.8, 4) is 0 Å². The van der Waals surface area contributed by atoms with E-state index in [4.69, 9.17) is 9.16 Å². The Hall–Kier alpha value is -0.353. The number of rotatable bonds is 3. The normalized spacial score (nSPS) is 35.5. The fourth-order valence-corrected chi connectivity index (χ4v) is 6.10. The number of ether oxygens (including phenoxy) is 1. The van der Waals surface area contributed by atoms with Crippen molar-refractivity contribution in [2.75, 3.05) is 7.11 Å². The number of fused-ring (bicyclic) bond motifs is 1. The van der Waals surface area contributed by atoms with Crippen LogP contribution in [-0.2, 0) is 14.0 Å². The summed E-state index contributed by atoms with van der Waals surface area (Å²) in [5.41, 5.74) is -0.175. The summed E-state index contributed by atoms with van der Waals surface area (Å²) in [7, 11) is -0.434. The maximum Gasteiger partial charge on any atom is 0.311 e. The SMILES string of the molecule is COC(=O)[C@@H]1C[C@]2(C)CCCCCC[C@]12O[Si](C)(C)C(C)(C)C. The van der Waals surface area contributed by atoms with E-state index in [1.165, 1.54) is 32.8 Å². The van der Waals surface area contributed by atoms with Gasteiger partial charge in [0.05, 0.1) is 18.6 Å². The Bertz CT molecular complexity index is 454. The maximum absolute atomic E-state index is 12.4. The van der Waals surface area contributed by atoms with Gasteiger partial charge in [0.15, 0.2) is 8.32 Å². The molecule has 0 bridgehead atoms. The van der Waals surface area contributed by atoms with Gasteiger partial charge in [-0.1, -0.05) is 53.4 Å². The lowest BCUT2D eigenvalue weighted by Crippen LogP contribution is -2.70. The van der Waals surface area contributed by atoms with Crippen molar-refractivity contribution >= 4 is 14.3 Å². The summed E-state index contributed by atoms with van der Waals surface area (Å²) in [5, 5.41) is 0.154. The van der Waals surface area contributed by atoms with Crippen LogP contribution in [-0.4, -0.2) is 27.0 Å². The molecule has 134 valence electrons. The molecular weight excluding hydrogens is 304 g/mol. The topological polar surface area (TPSA) is 35.5 Å². The van der Waals surface area contributed by atoms with Crippen LogP contribution in [0.2, 0.25) is 18.1 Å². The van der Waals surface area contributed by atoms with Crippen LogP contribution < -0.4 is 0 Å². The molecule has 4 heteroatoms. The molecule has 23 heavy (non-hydrogen) atoms. The Kier molecular flexibility index (Phi) is 5.10. The van der Waals surface area contributed by atoms with Gasteiger partial charge in [0.1, 0.15) is 0 Å². The molecule has 2 aliphatic rings. The minimum atomic E-state index is -1.95. The van der Waals surface area contributed by atoms with Crippen LogP contribution in [0.3, 0.4) is 0 Å². The monoisotopic (exact) mass is 340 g/mol. The van der Waals surface area contributed by atoms with Crippen LogP contribution in [0.5, 0.6) is 0 Å². The first-order chi connectivity index (χ1) is 10.5. The average Bonchev–Trinajstić information content (AvgIpc) is 2.44. The molecule has 3 nitrogen and oxygen atoms in total. The highest BCUT2D eigenvalue weighted by atomic mass is 28.4. The second kappa shape index (κ2) is 6.18. The van der Waals surface area contributed by atoms with Crippen molar-refractivity contribution in [3.63, 3.8) is 0 Å². The zero-order valence-electron chi connectivity index (χ0n) is 16.3. The van der Waals surface area contributed by atoms with E-state index >= 15 is 0 Å². The summed E-state index contributed by atoms with van der Waals surface area (Å²) >= 11 is 0. The van der Waals surface area contributed by atoms with Crippen LogP contribution in [0.4, 0.5) is 0 Å². The Morgan fingerprint density at radius 3 is 2.17 bits per heavy atom. The summed E-state index contributed by atoms with van der Waals surface area (Å²) < 4.78 is 12.2. The molecule has 0 amide bonds. The molecular formula is C19H36O3Si. The first-order valence-electron chi connectivity index (χ1n) is 9.27. The van der Waals surface area contributed by atoms with Crippen molar-refractivity contribution in [2.45, 2.75) is 96.4 Å². The molecule has 0 aromatic rings. The lowest BCUT2D eigenvalue weighted by atomic mass is 9.47. The predicted molar refractivity (Wildman–Crippen MR) is 96.9 cm³/mol. The fraction of sp³-hybridized carbons (Fsp3) is 0.947. The van der Waals surface area contributed by atoms with Crippen molar-refractivity contribution in [3.05, 3.63) is 0 Å². The number of esters is 1. The molecule has 0 heterocycles. The third-order valence-corrected chi connectivity index (χ3v) is 11.5. The molecule has 2 aliphatic carbocycles. The van der Waals surface area contributed by atoms with Gasteiger partial charge in [-0.25, -0.2) is 0 Å². The summed E-state index contributed by atoms with van der Waals surface area (Å²) in [5.74, 6) is -0.147. The van der Waals surface area contributed by atoms with E-state index in [0.29, 0.717) is 0 Å². The van der Waals surface area contributed by atoms with Crippen LogP contribution >= 0.6 is 0 Å². The molecule has 0 aromatic carbocycles. The molecule has 2 fully saturated rings. The Morgan fingerprint density at radius 2 is 1.65 bits per heavy atom. The first-order valence-corrected chi connectivity index (χ1v) is 12.2. The number of hydrogen-bond donors (Lipinski definition) is 0. The van der Waals surface area contributed by atoms with Crippen molar-refractivity contribution in [1.82, 2.24) is 0 Å². The van der Waals surface area contributed by atoms with Gasteiger partial charge in [0.25, 0.3) is 0 Å². The molecule has 0 radical (unpaired) electrons. The minimum Gasteiger partial charge on any atom is -0.469 e. The van der Waals surface area contributed by atoms with Gasteiger partial charge in [-0.05, 0) is 42.8 Å². The molecule has 2 rings (SSSR count). The summed E-state index contributed by atoms with van der Waals surface area (Å²) in [6.45, 7) is 13.8. The second-order valence-corrected chi connectivity index (χ2v) is 14.2. The van der Waals surface area contributed by atoms with E-state index in [1.54, 1.807) is 0 Å². The lowest BCUT2D eigenvalue weighted by Gasteiger charge is -2.65. The highest BCUT2D eigenvalue weighted by molar-refractivity contribution is 6.74. The van der Waals surface area contributed by atoms with Gasteiger partial charge in [0.2, 0.25) is 0 Å². The van der Waals surface area contributed by atoms with Gasteiger partial charge >= 0.3 is 5.97 Å². The standard InChI is InChI=1S/C19H36O3Si/c1-17(2,3)23(6,7)22-19-13-11-9-8-10-12-18(19,4)14-15(19)16(20)21-5/h15H,8-14H2,1-7H3/t15-,18-,19-/m0/s1. The highest BCUT2D eigenvalue weighted by Crippen LogP contribution is 2.64. The third kappa shape index (κ3) is 3.13. The van der Waals surface area contributed by atoms with Crippen LogP contribution in [0.15, 0.2) is 0 Å². The zero-order valence-corrected chi connectivity index (χ0v) is 17.3. The smallest absolute Gasteiger partial charge is 0.311 e. The fourth-order valence-electron chi connectivity index (χ4n) is 4.39. The molecule has 0 spiro atoms. The minimum absolute atomic E-state index is 0.0678. The Labute approximate surface area is 143 Å². The molecule has 3 atom stereocenters. The number of carbonyl (C=O) groups is 1. The van der Waals surface area contributed by atoms with Gasteiger partial charge < -0.3 is 9.16 Å². The first kappa shape index (κ1) is 19.0. The van der Waals surface area contributed by atoms with E-state index in [0.717, 1.165) is 19.3 Å². The summed E-state index contributed by atoms with van der Waals surface area (Å²) in [6, 6.07) is 0. The van der Waals surface area contributed by atoms with Crippen molar-refractivity contribution in [1.29, 1.82) is 0 Å². The number of methoxy groups -OCH3 is 1. The highest BCUT2D eigenvalue weighted by Gasteiger charge is 2.67. The number of hydrogen-bond acceptors (Lipinski definition) is 3. The van der Waals surface area contributed by atoms with Gasteiger partial charge in [-0.3, -0.25) is 4.79 Å². The largest absolute Gasteiger partial charge is 0.469 e. The quantitative estimate of drug-likeness (QED) is 0.516. The molecule has 0 N–H and O–H groups in total. The molecule has 0 aromatic heterocycles. The van der Waals surface area contributed by atoms with Crippen LogP contribution in [0.25, 0.3) is 0 Å². The third-order valence-electron chi connectivity index (χ3n) is 7.00. The maximum atomic E-state index is 12.4. The summed E-state index contributed by atoms with van der Waals surface area (Å²) in [4.78, 5) is 12.4. The zero-order chi connectivity index (χ0) is 17.5. The van der Waals surface area contributed by atoms with E-state index in [-0.39, 0.29) is 27.9 Å². The number of carbonyl (C=O) groups excluding carboxylic acids is 1. The predicted octanol–water partition coefficient (Wildman–Crippen LogP) is 5.30. The molecule has 2 saturated carbocycles. The van der Waals surface area contributed by atoms with Gasteiger partial charge in [-0.15, -0.1) is 0 Å². The average molecular weight is 341 g/mol. The van der Waals surface area contributed by atoms with E-state index in [9.17, 15) is 4.79 Å². The molecule has 0 saturated heterocycles. The molecule has 0 aliphatic heterocycles. The van der Waals surface area contributed by atoms with Crippen LogP contribution in [0.1, 0.15) is 72.6 Å². The van der Waals surface area contributed by atoms with E-state index in [1.807, 2.05) is 0 Å². The van der Waals surface area contributed by atoms with Crippen molar-refractivity contribution in [2.24, 2.45) is 11.3 Å². The molecule has 0 unspecified atom stereocenters.